The summed E-state index contributed by atoms with van der Waals surface area (Å²) in [5.41, 5.74) is 0. The quantitative estimate of drug-likeness (QED) is 0.784. The third-order valence-corrected chi connectivity index (χ3v) is 4.97. The fraction of sp³-hybridized carbons (Fsp3) is 0.400. The first kappa shape index (κ1) is 15.7. The molecule has 18 heavy (non-hydrogen) atoms. The van der Waals surface area contributed by atoms with E-state index in [9.17, 15) is 12.8 Å². The van der Waals surface area contributed by atoms with Crippen molar-refractivity contribution in [1.82, 2.24) is 4.31 Å². The molecule has 0 amide bonds. The Balaban J connectivity index is 3.17. The van der Waals surface area contributed by atoms with Gasteiger partial charge in [-0.15, -0.1) is 0 Å². The van der Waals surface area contributed by atoms with Crippen molar-refractivity contribution < 1.29 is 17.5 Å². The van der Waals surface area contributed by atoms with Crippen molar-refractivity contribution >= 4 is 33.2 Å². The predicted octanol–water partition coefficient (Wildman–Crippen LogP) is 2.40. The van der Waals surface area contributed by atoms with E-state index in [4.69, 9.17) is 27.9 Å². The van der Waals surface area contributed by atoms with Crippen LogP contribution in [-0.4, -0.2) is 40.0 Å². The van der Waals surface area contributed by atoms with E-state index < -0.39 is 20.9 Å². The molecule has 0 aliphatic heterocycles. The van der Waals surface area contributed by atoms with Crippen LogP contribution in [0.3, 0.4) is 0 Å². The minimum absolute atomic E-state index is 0.138. The molecule has 0 fully saturated rings. The maximum atomic E-state index is 13.5. The van der Waals surface area contributed by atoms with Gasteiger partial charge in [0.2, 0.25) is 10.0 Å². The van der Waals surface area contributed by atoms with E-state index in [1.54, 1.807) is 0 Å². The zero-order chi connectivity index (χ0) is 13.9. The Hall–Kier alpha value is -0.400. The molecule has 0 spiro atoms. The highest BCUT2D eigenvalue weighted by Crippen LogP contribution is 2.30. The van der Waals surface area contributed by atoms with Crippen LogP contribution >= 0.6 is 23.2 Å². The summed E-state index contributed by atoms with van der Waals surface area (Å²) < 4.78 is 43.5. The number of sulfonamides is 1. The average molecular weight is 316 g/mol. The molecule has 0 aliphatic rings. The molecular formula is C10H12Cl2FNO3S. The lowest BCUT2D eigenvalue weighted by molar-refractivity contribution is 0.185. The van der Waals surface area contributed by atoms with Gasteiger partial charge in [0.15, 0.2) is 5.82 Å². The Kier molecular flexibility index (Phi) is 5.36. The molecule has 1 aromatic carbocycles. The monoisotopic (exact) mass is 315 g/mol. The summed E-state index contributed by atoms with van der Waals surface area (Å²) >= 11 is 11.2. The van der Waals surface area contributed by atoms with Crippen molar-refractivity contribution in [1.29, 1.82) is 0 Å². The lowest BCUT2D eigenvalue weighted by atomic mass is 10.3. The number of nitrogens with zero attached hydrogens (tertiary/aromatic N) is 1. The van der Waals surface area contributed by atoms with Gasteiger partial charge in [0.25, 0.3) is 0 Å². The molecule has 0 N–H and O–H groups in total. The molecule has 1 rings (SSSR count). The fourth-order valence-electron chi connectivity index (χ4n) is 1.22. The van der Waals surface area contributed by atoms with Crippen LogP contribution in [-0.2, 0) is 14.8 Å². The van der Waals surface area contributed by atoms with Crippen molar-refractivity contribution in [3.8, 4) is 0 Å². The maximum Gasteiger partial charge on any atom is 0.244 e. The van der Waals surface area contributed by atoms with Crippen LogP contribution in [0.25, 0.3) is 0 Å². The zero-order valence-corrected chi connectivity index (χ0v) is 12.1. The Morgan fingerprint density at radius 3 is 2.56 bits per heavy atom. The van der Waals surface area contributed by atoms with Crippen LogP contribution in [0.5, 0.6) is 0 Å². The van der Waals surface area contributed by atoms with Crippen LogP contribution in [0.1, 0.15) is 0 Å². The second-order valence-electron chi connectivity index (χ2n) is 3.49. The van der Waals surface area contributed by atoms with E-state index in [2.05, 4.69) is 0 Å². The standard InChI is InChI=1S/C10H12Cl2FNO3S/c1-14(5-6-17-2)18(15,16)8-4-3-7(11)10(13)9(8)12/h3-4H,5-6H2,1-2H3. The highest BCUT2D eigenvalue weighted by atomic mass is 35.5. The van der Waals surface area contributed by atoms with Crippen LogP contribution in [0.2, 0.25) is 10.0 Å². The molecule has 0 saturated carbocycles. The summed E-state index contributed by atoms with van der Waals surface area (Å²) in [6, 6.07) is 2.33. The number of hydrogen-bond acceptors (Lipinski definition) is 3. The first-order valence-electron chi connectivity index (χ1n) is 4.91. The Bertz CT molecular complexity index is 536. The van der Waals surface area contributed by atoms with Gasteiger partial charge >= 0.3 is 0 Å². The normalized spacial score (nSPS) is 12.1. The van der Waals surface area contributed by atoms with E-state index in [1.165, 1.54) is 20.2 Å². The largest absolute Gasteiger partial charge is 0.383 e. The van der Waals surface area contributed by atoms with Gasteiger partial charge in [0.05, 0.1) is 16.7 Å². The molecule has 102 valence electrons. The molecule has 0 aromatic heterocycles. The molecule has 4 nitrogen and oxygen atoms in total. The molecule has 0 bridgehead atoms. The van der Waals surface area contributed by atoms with Gasteiger partial charge in [-0.25, -0.2) is 12.8 Å². The van der Waals surface area contributed by atoms with Crippen LogP contribution in [0, 0.1) is 5.82 Å². The van der Waals surface area contributed by atoms with E-state index in [1.807, 2.05) is 0 Å². The van der Waals surface area contributed by atoms with Crippen molar-refractivity contribution in [2.75, 3.05) is 27.3 Å². The molecule has 0 saturated heterocycles. The van der Waals surface area contributed by atoms with Gasteiger partial charge in [-0.1, -0.05) is 23.2 Å². The van der Waals surface area contributed by atoms with Crippen molar-refractivity contribution in [2.24, 2.45) is 0 Å². The van der Waals surface area contributed by atoms with Gasteiger partial charge in [0.1, 0.15) is 4.90 Å². The number of benzene rings is 1. The second-order valence-corrected chi connectivity index (χ2v) is 6.29. The molecule has 0 heterocycles. The summed E-state index contributed by atoms with van der Waals surface area (Å²) in [5.74, 6) is -0.945. The molecule has 0 radical (unpaired) electrons. The Labute approximate surface area is 115 Å². The average Bonchev–Trinajstić information content (AvgIpc) is 2.32. The van der Waals surface area contributed by atoms with Crippen LogP contribution in [0.4, 0.5) is 4.39 Å². The van der Waals surface area contributed by atoms with E-state index in [0.29, 0.717) is 0 Å². The smallest absolute Gasteiger partial charge is 0.244 e. The number of halogens is 3. The van der Waals surface area contributed by atoms with E-state index >= 15 is 0 Å². The van der Waals surface area contributed by atoms with Gasteiger partial charge < -0.3 is 4.74 Å². The third kappa shape index (κ3) is 3.13. The Morgan fingerprint density at radius 2 is 2.00 bits per heavy atom. The highest BCUT2D eigenvalue weighted by Gasteiger charge is 2.25. The topological polar surface area (TPSA) is 46.6 Å². The van der Waals surface area contributed by atoms with Gasteiger partial charge in [0, 0.05) is 20.7 Å². The minimum Gasteiger partial charge on any atom is -0.383 e. The first-order valence-corrected chi connectivity index (χ1v) is 7.10. The third-order valence-electron chi connectivity index (χ3n) is 2.30. The number of rotatable bonds is 5. The summed E-state index contributed by atoms with van der Waals surface area (Å²) in [4.78, 5) is -0.315. The van der Waals surface area contributed by atoms with Crippen LogP contribution in [0.15, 0.2) is 17.0 Å². The summed E-state index contributed by atoms with van der Waals surface area (Å²) in [7, 11) is -1.05. The second kappa shape index (κ2) is 6.16. The predicted molar refractivity (Wildman–Crippen MR) is 68.1 cm³/mol. The molecular weight excluding hydrogens is 304 g/mol. The minimum atomic E-state index is -3.86. The lowest BCUT2D eigenvalue weighted by Crippen LogP contribution is -2.30. The van der Waals surface area contributed by atoms with Gasteiger partial charge in [-0.2, -0.15) is 4.31 Å². The SMILES string of the molecule is COCCN(C)S(=O)(=O)c1ccc(Cl)c(F)c1Cl. The Morgan fingerprint density at radius 1 is 1.39 bits per heavy atom. The number of methoxy groups -OCH3 is 1. The lowest BCUT2D eigenvalue weighted by Gasteiger charge is -2.17. The zero-order valence-electron chi connectivity index (χ0n) is 9.78. The molecule has 8 heteroatoms. The fourth-order valence-corrected chi connectivity index (χ4v) is 3.09. The molecule has 0 unspecified atom stereocenters. The first-order chi connectivity index (χ1) is 8.32. The molecule has 1 aromatic rings. The number of hydrogen-bond donors (Lipinski definition) is 0. The highest BCUT2D eigenvalue weighted by molar-refractivity contribution is 7.89. The summed E-state index contributed by atoms with van der Waals surface area (Å²) in [6.45, 7) is 0.364. The van der Waals surface area contributed by atoms with Gasteiger partial charge in [-0.3, -0.25) is 0 Å². The van der Waals surface area contributed by atoms with Crippen molar-refractivity contribution in [3.05, 3.63) is 28.0 Å². The molecule has 0 atom stereocenters. The van der Waals surface area contributed by atoms with E-state index in [0.717, 1.165) is 10.4 Å². The number of ether oxygens (including phenoxy) is 1. The van der Waals surface area contributed by atoms with Gasteiger partial charge in [-0.05, 0) is 12.1 Å². The van der Waals surface area contributed by atoms with E-state index in [-0.39, 0.29) is 23.1 Å². The summed E-state index contributed by atoms with van der Waals surface area (Å²) in [5, 5.41) is -0.731. The summed E-state index contributed by atoms with van der Waals surface area (Å²) in [6.07, 6.45) is 0. The van der Waals surface area contributed by atoms with Crippen LogP contribution < -0.4 is 0 Å². The number of likely N-dealkylation sites (N-methyl/N-ethyl adjacent to an activating group) is 1. The van der Waals surface area contributed by atoms with Crippen molar-refractivity contribution in [3.63, 3.8) is 0 Å². The molecule has 0 aliphatic carbocycles. The van der Waals surface area contributed by atoms with Crippen molar-refractivity contribution in [2.45, 2.75) is 4.90 Å². The maximum absolute atomic E-state index is 13.5.